The molecular weight excluding hydrogens is 366 g/mol. The van der Waals surface area contributed by atoms with Crippen LogP contribution < -0.4 is 0 Å². The van der Waals surface area contributed by atoms with Crippen molar-refractivity contribution in [2.24, 2.45) is 5.16 Å². The molecule has 176 valence electrons. The van der Waals surface area contributed by atoms with E-state index in [1.54, 1.807) is 6.21 Å². The van der Waals surface area contributed by atoms with Crippen LogP contribution in [0.1, 0.15) is 143 Å². The third-order valence-corrected chi connectivity index (χ3v) is 5.67. The molecule has 0 bridgehead atoms. The quantitative estimate of drug-likeness (QED) is 0.0740. The summed E-state index contributed by atoms with van der Waals surface area (Å²) in [5, 5.41) is 4.05. The van der Waals surface area contributed by atoms with E-state index in [0.717, 1.165) is 25.9 Å². The first kappa shape index (κ1) is 28.9. The molecule has 0 heterocycles. The molecule has 0 spiro atoms. The normalized spacial score (nSPS) is 11.9. The Labute approximate surface area is 189 Å². The van der Waals surface area contributed by atoms with Crippen LogP contribution in [-0.4, -0.2) is 12.8 Å². The van der Waals surface area contributed by atoms with E-state index in [2.05, 4.69) is 45.0 Å². The molecule has 0 rings (SSSR count). The zero-order valence-corrected chi connectivity index (χ0v) is 21.0. The molecule has 0 fully saturated rings. The van der Waals surface area contributed by atoms with E-state index in [0.29, 0.717) is 0 Å². The maximum absolute atomic E-state index is 5.36. The summed E-state index contributed by atoms with van der Waals surface area (Å²) in [5.41, 5.74) is 2.74. The first-order valence-electron chi connectivity index (χ1n) is 13.1. The van der Waals surface area contributed by atoms with Crippen LogP contribution in [0.2, 0.25) is 0 Å². The van der Waals surface area contributed by atoms with Crippen molar-refractivity contribution < 1.29 is 4.84 Å². The van der Waals surface area contributed by atoms with Gasteiger partial charge in [-0.05, 0) is 52.5 Å². The fourth-order valence-electron chi connectivity index (χ4n) is 3.64. The number of hydrogen-bond acceptors (Lipinski definition) is 2. The molecule has 0 aromatic rings. The highest BCUT2D eigenvalue weighted by atomic mass is 16.6. The van der Waals surface area contributed by atoms with Crippen LogP contribution in [0, 0.1) is 0 Å². The highest BCUT2D eigenvalue weighted by Crippen LogP contribution is 2.13. The van der Waals surface area contributed by atoms with Gasteiger partial charge in [-0.25, -0.2) is 0 Å². The van der Waals surface area contributed by atoms with Gasteiger partial charge in [0.05, 0.1) is 6.21 Å². The van der Waals surface area contributed by atoms with Gasteiger partial charge in [0.15, 0.2) is 0 Å². The van der Waals surface area contributed by atoms with Gasteiger partial charge in [0.25, 0.3) is 0 Å². The van der Waals surface area contributed by atoms with Crippen molar-refractivity contribution in [2.45, 2.75) is 143 Å². The number of allylic oxidation sites excluding steroid dienone is 4. The lowest BCUT2D eigenvalue weighted by molar-refractivity contribution is 0.141. The fraction of sp³-hybridized carbons (Fsp3) is 0.821. The Morgan fingerprint density at radius 2 is 1.13 bits per heavy atom. The van der Waals surface area contributed by atoms with Gasteiger partial charge in [0.1, 0.15) is 6.61 Å². The second-order valence-corrected chi connectivity index (χ2v) is 9.22. The summed E-state index contributed by atoms with van der Waals surface area (Å²) in [5.74, 6) is 0. The molecule has 0 N–H and O–H groups in total. The zero-order chi connectivity index (χ0) is 22.1. The highest BCUT2D eigenvalue weighted by molar-refractivity contribution is 5.71. The molecule has 0 saturated heterocycles. The van der Waals surface area contributed by atoms with E-state index < -0.39 is 0 Å². The SMILES string of the molecule is CCCCCCCCCCCCCCCCCCON=CC=C(C)CCC=C(C)C. The standard InChI is InChI=1S/C28H53NO/c1-5-6-7-8-9-10-11-12-13-14-15-16-17-18-19-20-26-30-29-25-24-28(4)23-21-22-27(2)3/h22,24-25H,5-21,23,26H2,1-4H3. The van der Waals surface area contributed by atoms with Crippen LogP contribution in [0.25, 0.3) is 0 Å². The molecule has 0 aromatic heterocycles. The van der Waals surface area contributed by atoms with Gasteiger partial charge in [0, 0.05) is 0 Å². The van der Waals surface area contributed by atoms with Crippen LogP contribution in [0.5, 0.6) is 0 Å². The van der Waals surface area contributed by atoms with Crippen LogP contribution >= 0.6 is 0 Å². The minimum absolute atomic E-state index is 0.750. The Morgan fingerprint density at radius 3 is 1.60 bits per heavy atom. The smallest absolute Gasteiger partial charge is 0.117 e. The first-order valence-corrected chi connectivity index (χ1v) is 13.1. The summed E-state index contributed by atoms with van der Waals surface area (Å²) in [7, 11) is 0. The van der Waals surface area contributed by atoms with E-state index in [1.807, 2.05) is 0 Å². The molecule has 0 saturated carbocycles. The molecule has 0 atom stereocenters. The predicted octanol–water partition coefficient (Wildman–Crippen LogP) is 9.94. The predicted molar refractivity (Wildman–Crippen MR) is 136 cm³/mol. The molecule has 0 aliphatic heterocycles. The molecule has 0 amide bonds. The van der Waals surface area contributed by atoms with Crippen LogP contribution in [0.3, 0.4) is 0 Å². The van der Waals surface area contributed by atoms with E-state index in [-0.39, 0.29) is 0 Å². The van der Waals surface area contributed by atoms with Crippen LogP contribution in [0.4, 0.5) is 0 Å². The molecule has 0 aromatic carbocycles. The number of unbranched alkanes of at least 4 members (excludes halogenated alkanes) is 15. The minimum atomic E-state index is 0.750. The van der Waals surface area contributed by atoms with E-state index >= 15 is 0 Å². The summed E-state index contributed by atoms with van der Waals surface area (Å²) in [6.45, 7) is 9.49. The van der Waals surface area contributed by atoms with Crippen LogP contribution in [0.15, 0.2) is 28.5 Å². The number of rotatable bonds is 22. The molecule has 2 heteroatoms. The topological polar surface area (TPSA) is 21.6 Å². The van der Waals surface area contributed by atoms with Gasteiger partial charge in [-0.15, -0.1) is 0 Å². The second kappa shape index (κ2) is 24.2. The first-order chi connectivity index (χ1) is 14.7. The maximum Gasteiger partial charge on any atom is 0.117 e. The Morgan fingerprint density at radius 1 is 0.667 bits per heavy atom. The van der Waals surface area contributed by atoms with Gasteiger partial charge in [-0.3, -0.25) is 0 Å². The highest BCUT2D eigenvalue weighted by Gasteiger charge is 1.95. The molecule has 0 aliphatic carbocycles. The molecule has 30 heavy (non-hydrogen) atoms. The second-order valence-electron chi connectivity index (χ2n) is 9.22. The molecule has 0 radical (unpaired) electrons. The van der Waals surface area contributed by atoms with Crippen molar-refractivity contribution in [3.63, 3.8) is 0 Å². The minimum Gasteiger partial charge on any atom is -0.396 e. The van der Waals surface area contributed by atoms with Crippen LogP contribution in [-0.2, 0) is 4.84 Å². The molecule has 0 unspecified atom stereocenters. The van der Waals surface area contributed by atoms with Gasteiger partial charge < -0.3 is 4.84 Å². The summed E-state index contributed by atoms with van der Waals surface area (Å²) >= 11 is 0. The Bertz CT molecular complexity index is 432. The lowest BCUT2D eigenvalue weighted by Gasteiger charge is -2.03. The van der Waals surface area contributed by atoms with Crippen molar-refractivity contribution in [3.05, 3.63) is 23.3 Å². The van der Waals surface area contributed by atoms with Gasteiger partial charge in [0.2, 0.25) is 0 Å². The average Bonchev–Trinajstić information content (AvgIpc) is 2.72. The maximum atomic E-state index is 5.36. The summed E-state index contributed by atoms with van der Waals surface area (Å²) in [6.07, 6.45) is 30.7. The fourth-order valence-corrected chi connectivity index (χ4v) is 3.64. The van der Waals surface area contributed by atoms with Gasteiger partial charge >= 0.3 is 0 Å². The molecular formula is C28H53NO. The van der Waals surface area contributed by atoms with Crippen molar-refractivity contribution >= 4 is 6.21 Å². The number of nitrogens with zero attached hydrogens (tertiary/aromatic N) is 1. The van der Waals surface area contributed by atoms with E-state index in [1.165, 1.54) is 107 Å². The lowest BCUT2D eigenvalue weighted by Crippen LogP contribution is -1.89. The largest absolute Gasteiger partial charge is 0.396 e. The third-order valence-electron chi connectivity index (χ3n) is 5.67. The lowest BCUT2D eigenvalue weighted by atomic mass is 10.0. The Hall–Kier alpha value is -1.05. The zero-order valence-electron chi connectivity index (χ0n) is 21.0. The number of oxime groups is 1. The van der Waals surface area contributed by atoms with Crippen molar-refractivity contribution in [1.29, 1.82) is 0 Å². The Balaban J connectivity index is 3.25. The third kappa shape index (κ3) is 25.0. The summed E-state index contributed by atoms with van der Waals surface area (Å²) < 4.78 is 0. The average molecular weight is 420 g/mol. The summed E-state index contributed by atoms with van der Waals surface area (Å²) in [6, 6.07) is 0. The van der Waals surface area contributed by atoms with Crippen molar-refractivity contribution in [1.82, 2.24) is 0 Å². The van der Waals surface area contributed by atoms with Crippen molar-refractivity contribution in [2.75, 3.05) is 6.61 Å². The van der Waals surface area contributed by atoms with E-state index in [9.17, 15) is 0 Å². The van der Waals surface area contributed by atoms with E-state index in [4.69, 9.17) is 4.84 Å². The molecule has 2 nitrogen and oxygen atoms in total. The molecule has 0 aliphatic rings. The number of hydrogen-bond donors (Lipinski definition) is 0. The van der Waals surface area contributed by atoms with Gasteiger partial charge in [-0.2, -0.15) is 0 Å². The Kier molecular flexibility index (Phi) is 23.4. The monoisotopic (exact) mass is 419 g/mol. The summed E-state index contributed by atoms with van der Waals surface area (Å²) in [4.78, 5) is 5.36. The van der Waals surface area contributed by atoms with Gasteiger partial charge in [-0.1, -0.05) is 119 Å². The van der Waals surface area contributed by atoms with Crippen molar-refractivity contribution in [3.8, 4) is 0 Å².